The minimum Gasteiger partial charge on any atom is -0.512 e. The number of hydrogen-bond acceptors (Lipinski definition) is 1. The Kier molecular flexibility index (Phi) is 20000. The van der Waals surface area contributed by atoms with Gasteiger partial charge in [-0.15, -0.1) is 0 Å². The average molecular weight is 334 g/mol. The average Bonchev–Trinajstić information content (AvgIpc) is 2.63. The Hall–Kier alpha value is 1.80. The molecule has 0 aromatic rings. The molecule has 122 valence electrons. The van der Waals surface area contributed by atoms with Crippen molar-refractivity contribution in [1.29, 1.82) is 5.26 Å². The second-order valence-corrected chi connectivity index (χ2v) is 0. The summed E-state index contributed by atoms with van der Waals surface area (Å²) in [6.45, 7) is 44.8. The fourth-order valence-corrected chi connectivity index (χ4v) is 0. The van der Waals surface area contributed by atoms with E-state index in [1.807, 2.05) is 0 Å². The number of hydrogen-bond donors (Lipinski definition) is 0. The molecule has 0 aliphatic heterocycles. The summed E-state index contributed by atoms with van der Waals surface area (Å²) in [5, 5.41) is 6.25. The molecule has 0 fully saturated rings. The largest absolute Gasteiger partial charge is 2.00 e. The SMILES string of the molecule is [Be+2].[Be+2].[Be+2].[Be+2].[C-]#N.[CH2-]C.[CH2-]C.[CH2-]C.[CH2-]C.[CH2-]C.[CH2-]C.[CH2-]C.[CH2-]C.[K+]. The Morgan fingerprint density at radius 2 is 0.348 bits per heavy atom. The number of rotatable bonds is 0. The van der Waals surface area contributed by atoms with Gasteiger partial charge >= 0.3 is 91.9 Å². The quantitative estimate of drug-likeness (QED) is 0.493. The third-order valence-electron chi connectivity index (χ3n) is 0. The summed E-state index contributed by atoms with van der Waals surface area (Å²) in [5.74, 6) is 0. The molecule has 0 heterocycles. The molecule has 0 aromatic heterocycles. The van der Waals surface area contributed by atoms with E-state index in [1.54, 1.807) is 55.4 Å². The first-order valence-corrected chi connectivity index (χ1v) is 5.88. The monoisotopic (exact) mass is 333 g/mol. The van der Waals surface area contributed by atoms with Crippen molar-refractivity contribution in [3.8, 4) is 0 Å². The molecule has 0 saturated carbocycles. The predicted molar refractivity (Wildman–Crippen MR) is 116 cm³/mol. The van der Waals surface area contributed by atoms with Crippen LogP contribution in [0.3, 0.4) is 0 Å². The van der Waals surface area contributed by atoms with Crippen molar-refractivity contribution < 1.29 is 51.4 Å². The standard InChI is InChI=1S/8C2H5.CN.4Be.K/c9*1-2;;;;;/h8*1H2,2H3;;;;;;/q9*-1;4*+2;+1. The molecule has 1 nitrogen and oxygen atoms in total. The first-order chi connectivity index (χ1) is 9.00. The summed E-state index contributed by atoms with van der Waals surface area (Å²) in [4.78, 5) is 0. The van der Waals surface area contributed by atoms with Crippen LogP contribution in [-0.2, 0) is 0 Å². The maximum atomic E-state index is 6.25. The van der Waals surface area contributed by atoms with E-state index in [4.69, 9.17) is 11.8 Å². The van der Waals surface area contributed by atoms with Crippen LogP contribution >= 0.6 is 0 Å². The minimum atomic E-state index is 0. The molecule has 0 N–H and O–H groups in total. The van der Waals surface area contributed by atoms with Gasteiger partial charge in [0.1, 0.15) is 0 Å². The van der Waals surface area contributed by atoms with Crippen molar-refractivity contribution in [3.05, 3.63) is 62.0 Å². The van der Waals surface area contributed by atoms with Gasteiger partial charge in [-0.25, -0.2) is 0 Å². The molecule has 0 aromatic carbocycles. The normalized spacial score (nSPS) is 2.17. The van der Waals surface area contributed by atoms with Crippen LogP contribution in [0.4, 0.5) is 0 Å². The van der Waals surface area contributed by atoms with Crippen molar-refractivity contribution in [2.24, 2.45) is 0 Å². The summed E-state index contributed by atoms with van der Waals surface area (Å²) < 4.78 is 0. The van der Waals surface area contributed by atoms with Gasteiger partial charge in [-0.1, -0.05) is 0 Å². The van der Waals surface area contributed by atoms with E-state index in [0.717, 1.165) is 0 Å². The molecule has 0 rings (SSSR count). The molecule has 0 aliphatic rings. The van der Waals surface area contributed by atoms with E-state index in [2.05, 4.69) is 55.4 Å². The van der Waals surface area contributed by atoms with Crippen LogP contribution in [0.5, 0.6) is 0 Å². The van der Waals surface area contributed by atoms with Crippen molar-refractivity contribution in [1.82, 2.24) is 0 Å². The van der Waals surface area contributed by atoms with E-state index >= 15 is 0 Å². The van der Waals surface area contributed by atoms with Gasteiger partial charge in [0.2, 0.25) is 0 Å². The Morgan fingerprint density at radius 1 is 0.348 bits per heavy atom. The Bertz CT molecular complexity index is 31.3. The molecule has 23 heavy (non-hydrogen) atoms. The summed E-state index contributed by atoms with van der Waals surface area (Å²) in [6, 6.07) is 0. The zero-order chi connectivity index (χ0) is 18.0. The maximum absolute atomic E-state index is 6.25. The van der Waals surface area contributed by atoms with Crippen molar-refractivity contribution >= 4 is 40.5 Å². The van der Waals surface area contributed by atoms with Gasteiger partial charge < -0.3 is 67.2 Å². The van der Waals surface area contributed by atoms with Crippen LogP contribution in [-0.4, -0.2) is 40.5 Å². The Morgan fingerprint density at radius 3 is 0.348 bits per heavy atom. The molecule has 0 radical (unpaired) electrons. The molecule has 0 amide bonds. The first kappa shape index (κ1) is 120. The fourth-order valence-electron chi connectivity index (χ4n) is 0. The third kappa shape index (κ3) is 3490. The predicted octanol–water partition coefficient (Wildman–Crippen LogP) is 2.30. The summed E-state index contributed by atoms with van der Waals surface area (Å²) in [7, 11) is 0. The molecule has 0 aliphatic carbocycles. The Balaban J connectivity index is -0.00000000321. The summed E-state index contributed by atoms with van der Waals surface area (Å²) in [5.41, 5.74) is 0. The molecule has 0 unspecified atom stereocenters. The van der Waals surface area contributed by atoms with Crippen LogP contribution in [0, 0.1) is 67.2 Å². The van der Waals surface area contributed by atoms with Crippen LogP contribution in [0.25, 0.3) is 0 Å². The fraction of sp³-hybridized carbons (Fsp3) is 0.471. The van der Waals surface area contributed by atoms with E-state index in [0.29, 0.717) is 0 Å². The van der Waals surface area contributed by atoms with Gasteiger partial charge in [-0.3, -0.25) is 0 Å². The van der Waals surface area contributed by atoms with Gasteiger partial charge in [0.15, 0.2) is 0 Å². The summed E-state index contributed by atoms with van der Waals surface area (Å²) >= 11 is 0. The van der Waals surface area contributed by atoms with Gasteiger partial charge in [-0.2, -0.15) is 55.4 Å². The van der Waals surface area contributed by atoms with Crippen molar-refractivity contribution in [3.63, 3.8) is 0 Å². The van der Waals surface area contributed by atoms with Crippen LogP contribution in [0.2, 0.25) is 0 Å². The van der Waals surface area contributed by atoms with Crippen LogP contribution in [0.1, 0.15) is 55.4 Å². The molecule has 0 bridgehead atoms. The van der Waals surface area contributed by atoms with E-state index in [1.165, 1.54) is 0 Å². The molecular weight excluding hydrogens is 293 g/mol. The van der Waals surface area contributed by atoms with Gasteiger partial charge in [-0.05, 0) is 0 Å². The van der Waals surface area contributed by atoms with Gasteiger partial charge in [0.05, 0.1) is 0 Å². The molecule has 0 saturated heterocycles. The van der Waals surface area contributed by atoms with Crippen molar-refractivity contribution in [2.75, 3.05) is 0 Å². The molecule has 0 atom stereocenters. The van der Waals surface area contributed by atoms with E-state index < -0.39 is 0 Å². The van der Waals surface area contributed by atoms with E-state index in [-0.39, 0.29) is 91.9 Å². The van der Waals surface area contributed by atoms with Crippen LogP contribution < -0.4 is 51.4 Å². The van der Waals surface area contributed by atoms with Crippen LogP contribution in [0.15, 0.2) is 0 Å². The second kappa shape index (κ2) is 3810. The molecule has 0 spiro atoms. The smallest absolute Gasteiger partial charge is 0.512 e. The third-order valence-corrected chi connectivity index (χ3v) is 0. The number of nitrogens with zero attached hydrogens (tertiary/aromatic N) is 1. The Labute approximate surface area is 212 Å². The van der Waals surface area contributed by atoms with Crippen molar-refractivity contribution in [2.45, 2.75) is 55.4 Å². The van der Waals surface area contributed by atoms with E-state index in [9.17, 15) is 0 Å². The zero-order valence-corrected chi connectivity index (χ0v) is 21.6. The molecular formula is C17H40Be4KN. The topological polar surface area (TPSA) is 23.8 Å². The summed E-state index contributed by atoms with van der Waals surface area (Å²) in [6.07, 6.45) is 0. The maximum Gasteiger partial charge on any atom is 2.00 e. The first-order valence-electron chi connectivity index (χ1n) is 5.88. The van der Waals surface area contributed by atoms with Gasteiger partial charge in [0, 0.05) is 0 Å². The second-order valence-electron chi connectivity index (χ2n) is 0. The minimum absolute atomic E-state index is 0. The molecule has 6 heteroatoms. The zero-order valence-electron chi connectivity index (χ0n) is 18.4. The van der Waals surface area contributed by atoms with Gasteiger partial charge in [0.25, 0.3) is 0 Å².